The molecular formula is C16H11ClFNO3S2. The van der Waals surface area contributed by atoms with Crippen LogP contribution in [0.5, 0.6) is 0 Å². The molecule has 124 valence electrons. The van der Waals surface area contributed by atoms with E-state index in [2.05, 4.69) is 0 Å². The Kier molecular flexibility index (Phi) is 4.58. The molecule has 0 unspecified atom stereocenters. The molecule has 4 nitrogen and oxygen atoms in total. The summed E-state index contributed by atoms with van der Waals surface area (Å²) in [6.07, 6.45) is 0. The minimum Gasteiger partial charge on any atom is -0.268 e. The molecule has 0 N–H and O–H groups in total. The van der Waals surface area contributed by atoms with Crippen molar-refractivity contribution in [2.24, 2.45) is 0 Å². The Morgan fingerprint density at radius 3 is 2.04 bits per heavy atom. The van der Waals surface area contributed by atoms with Gasteiger partial charge < -0.3 is 0 Å². The fourth-order valence-electron chi connectivity index (χ4n) is 2.15. The SMILES string of the molecule is O=c1cc(Cl)sn1Cc1ccc(S(=O)(=O)c2ccc(F)cc2)cc1. The van der Waals surface area contributed by atoms with Crippen molar-refractivity contribution in [3.63, 3.8) is 0 Å². The van der Waals surface area contributed by atoms with Gasteiger partial charge in [-0.3, -0.25) is 8.75 Å². The highest BCUT2D eigenvalue weighted by atomic mass is 35.5. The number of hydrogen-bond acceptors (Lipinski definition) is 4. The summed E-state index contributed by atoms with van der Waals surface area (Å²) in [6.45, 7) is 0.313. The summed E-state index contributed by atoms with van der Waals surface area (Å²) in [5.74, 6) is -0.496. The molecule has 0 saturated heterocycles. The molecule has 0 spiro atoms. The molecule has 0 aliphatic carbocycles. The summed E-state index contributed by atoms with van der Waals surface area (Å²) < 4.78 is 39.8. The van der Waals surface area contributed by atoms with Gasteiger partial charge in [0.2, 0.25) is 9.84 Å². The monoisotopic (exact) mass is 383 g/mol. The first-order valence-electron chi connectivity index (χ1n) is 6.82. The molecule has 0 bridgehead atoms. The Balaban J connectivity index is 1.87. The minimum absolute atomic E-state index is 0.0258. The Morgan fingerprint density at radius 1 is 1.00 bits per heavy atom. The van der Waals surface area contributed by atoms with Crippen LogP contribution in [0.1, 0.15) is 5.56 Å². The molecule has 8 heteroatoms. The highest BCUT2D eigenvalue weighted by molar-refractivity contribution is 7.91. The van der Waals surface area contributed by atoms with Crippen molar-refractivity contribution >= 4 is 33.0 Å². The largest absolute Gasteiger partial charge is 0.268 e. The Labute approximate surface area is 146 Å². The Hall–Kier alpha value is -1.96. The van der Waals surface area contributed by atoms with Crippen molar-refractivity contribution in [2.45, 2.75) is 16.3 Å². The zero-order valence-corrected chi connectivity index (χ0v) is 14.5. The third kappa shape index (κ3) is 3.43. The molecule has 0 radical (unpaired) electrons. The van der Waals surface area contributed by atoms with Crippen molar-refractivity contribution in [1.82, 2.24) is 3.96 Å². The molecule has 0 amide bonds. The maximum Gasteiger partial charge on any atom is 0.262 e. The van der Waals surface area contributed by atoms with E-state index in [1.165, 1.54) is 34.3 Å². The molecular weight excluding hydrogens is 373 g/mol. The molecule has 0 atom stereocenters. The van der Waals surface area contributed by atoms with Gasteiger partial charge in [-0.05, 0) is 53.5 Å². The number of halogens is 2. The highest BCUT2D eigenvalue weighted by Gasteiger charge is 2.17. The van der Waals surface area contributed by atoms with E-state index in [-0.39, 0.29) is 15.4 Å². The quantitative estimate of drug-likeness (QED) is 0.647. The Bertz CT molecular complexity index is 1020. The van der Waals surface area contributed by atoms with Crippen molar-refractivity contribution in [1.29, 1.82) is 0 Å². The second kappa shape index (κ2) is 6.51. The molecule has 0 fully saturated rings. The number of rotatable bonds is 4. The zero-order chi connectivity index (χ0) is 17.3. The normalized spacial score (nSPS) is 11.6. The van der Waals surface area contributed by atoms with Crippen molar-refractivity contribution in [3.05, 3.63) is 80.7 Å². The van der Waals surface area contributed by atoms with E-state index in [4.69, 9.17) is 11.6 Å². The van der Waals surface area contributed by atoms with Gasteiger partial charge in [0.05, 0.1) is 16.3 Å². The molecule has 3 aromatic rings. The lowest BCUT2D eigenvalue weighted by Crippen LogP contribution is -2.12. The third-order valence-corrected chi connectivity index (χ3v) is 6.29. The zero-order valence-electron chi connectivity index (χ0n) is 12.1. The lowest BCUT2D eigenvalue weighted by atomic mass is 10.2. The van der Waals surface area contributed by atoms with Crippen LogP contribution in [0.4, 0.5) is 4.39 Å². The molecule has 3 rings (SSSR count). The van der Waals surface area contributed by atoms with E-state index in [0.29, 0.717) is 10.9 Å². The third-order valence-electron chi connectivity index (χ3n) is 3.36. The first-order chi connectivity index (χ1) is 11.4. The van der Waals surface area contributed by atoms with Crippen LogP contribution in [0, 0.1) is 5.82 Å². The topological polar surface area (TPSA) is 56.1 Å². The average molecular weight is 384 g/mol. The smallest absolute Gasteiger partial charge is 0.262 e. The van der Waals surface area contributed by atoms with E-state index < -0.39 is 15.7 Å². The number of benzene rings is 2. The van der Waals surface area contributed by atoms with Crippen LogP contribution in [-0.2, 0) is 16.4 Å². The molecule has 2 aromatic carbocycles. The second-order valence-electron chi connectivity index (χ2n) is 5.02. The summed E-state index contributed by atoms with van der Waals surface area (Å²) in [7, 11) is -3.70. The van der Waals surface area contributed by atoms with Gasteiger partial charge in [-0.25, -0.2) is 12.8 Å². The summed E-state index contributed by atoms with van der Waals surface area (Å²) in [5.41, 5.74) is 0.571. The second-order valence-corrected chi connectivity index (χ2v) is 8.66. The predicted octanol–water partition coefficient (Wildman–Crippen LogP) is 3.58. The lowest BCUT2D eigenvalue weighted by Gasteiger charge is -2.06. The van der Waals surface area contributed by atoms with Gasteiger partial charge in [0.1, 0.15) is 10.2 Å². The summed E-state index contributed by atoms with van der Waals surface area (Å²) in [4.78, 5) is 11.8. The van der Waals surface area contributed by atoms with Gasteiger partial charge in [0.15, 0.2) is 0 Å². The number of sulfone groups is 1. The van der Waals surface area contributed by atoms with E-state index >= 15 is 0 Å². The molecule has 1 aromatic heterocycles. The molecule has 24 heavy (non-hydrogen) atoms. The van der Waals surface area contributed by atoms with Crippen molar-refractivity contribution in [2.75, 3.05) is 0 Å². The highest BCUT2D eigenvalue weighted by Crippen LogP contribution is 2.22. The molecule has 0 saturated carbocycles. The number of nitrogens with zero attached hydrogens (tertiary/aromatic N) is 1. The summed E-state index contributed by atoms with van der Waals surface area (Å²) in [5, 5.41) is 0. The first kappa shape index (κ1) is 16.9. The predicted molar refractivity (Wildman–Crippen MR) is 91.0 cm³/mol. The van der Waals surface area contributed by atoms with Crippen LogP contribution in [0.2, 0.25) is 4.34 Å². The standard InChI is InChI=1S/C16H11ClFNO3S2/c17-15-9-16(20)19(23-15)10-11-1-5-13(6-2-11)24(21,22)14-7-3-12(18)4-8-14/h1-9H,10H2. The molecule has 1 heterocycles. The van der Waals surface area contributed by atoms with Crippen LogP contribution >= 0.6 is 23.1 Å². The fraction of sp³-hybridized carbons (Fsp3) is 0.0625. The van der Waals surface area contributed by atoms with E-state index in [0.717, 1.165) is 29.2 Å². The van der Waals surface area contributed by atoms with Crippen LogP contribution in [0.3, 0.4) is 0 Å². The van der Waals surface area contributed by atoms with E-state index in [9.17, 15) is 17.6 Å². The van der Waals surface area contributed by atoms with Gasteiger partial charge in [-0.15, -0.1) is 0 Å². The van der Waals surface area contributed by atoms with Crippen molar-refractivity contribution in [3.8, 4) is 0 Å². The average Bonchev–Trinajstić information content (AvgIpc) is 2.86. The van der Waals surface area contributed by atoms with Gasteiger partial charge in [-0.2, -0.15) is 0 Å². The molecule has 0 aliphatic rings. The van der Waals surface area contributed by atoms with E-state index in [1.807, 2.05) is 0 Å². The molecule has 0 aliphatic heterocycles. The van der Waals surface area contributed by atoms with Gasteiger partial charge in [0.25, 0.3) is 5.56 Å². The maximum absolute atomic E-state index is 12.9. The Morgan fingerprint density at radius 2 is 1.54 bits per heavy atom. The van der Waals surface area contributed by atoms with Gasteiger partial charge >= 0.3 is 0 Å². The summed E-state index contributed by atoms with van der Waals surface area (Å²) >= 11 is 6.92. The van der Waals surface area contributed by atoms with Crippen LogP contribution in [-0.4, -0.2) is 12.4 Å². The lowest BCUT2D eigenvalue weighted by molar-refractivity contribution is 0.594. The van der Waals surface area contributed by atoms with Crippen LogP contribution in [0.15, 0.2) is 69.2 Å². The first-order valence-corrected chi connectivity index (χ1v) is 9.46. The maximum atomic E-state index is 12.9. The van der Waals surface area contributed by atoms with Crippen molar-refractivity contribution < 1.29 is 12.8 Å². The summed E-state index contributed by atoms with van der Waals surface area (Å²) in [6, 6.07) is 12.2. The number of hydrogen-bond donors (Lipinski definition) is 0. The van der Waals surface area contributed by atoms with Gasteiger partial charge in [0, 0.05) is 6.07 Å². The minimum atomic E-state index is -3.70. The van der Waals surface area contributed by atoms with Crippen LogP contribution in [0.25, 0.3) is 0 Å². The van der Waals surface area contributed by atoms with E-state index in [1.54, 1.807) is 12.1 Å². The number of aromatic nitrogens is 1. The fourth-order valence-corrected chi connectivity index (χ4v) is 4.47. The van der Waals surface area contributed by atoms with Gasteiger partial charge in [-0.1, -0.05) is 23.7 Å². The van der Waals surface area contributed by atoms with Crippen LogP contribution < -0.4 is 5.56 Å².